The summed E-state index contributed by atoms with van der Waals surface area (Å²) in [7, 11) is -5.53. The minimum absolute atomic E-state index is 0.0928. The summed E-state index contributed by atoms with van der Waals surface area (Å²) in [6.45, 7) is 12.9. The molecule has 0 amide bonds. The van der Waals surface area contributed by atoms with Crippen LogP contribution in [0.4, 0.5) is 13.2 Å². The SMILES string of the molecule is CC(CCOC(=O)C=CC(=O)OCC(F)(F)F)[SiH](O[Si](C)(C)C)O[Si](C)(C)C. The lowest BCUT2D eigenvalue weighted by atomic mass is 10.3. The van der Waals surface area contributed by atoms with E-state index in [4.69, 9.17) is 13.0 Å². The maximum absolute atomic E-state index is 11.9. The van der Waals surface area contributed by atoms with Crippen LogP contribution in [0.15, 0.2) is 12.2 Å². The zero-order valence-corrected chi connectivity index (χ0v) is 20.7. The molecule has 0 saturated heterocycles. The fourth-order valence-electron chi connectivity index (χ4n) is 1.82. The first kappa shape index (κ1) is 27.0. The van der Waals surface area contributed by atoms with Crippen molar-refractivity contribution in [2.24, 2.45) is 0 Å². The highest BCUT2D eigenvalue weighted by molar-refractivity contribution is 6.81. The van der Waals surface area contributed by atoms with Gasteiger partial charge in [-0.1, -0.05) is 6.92 Å². The Morgan fingerprint density at radius 2 is 1.36 bits per heavy atom. The van der Waals surface area contributed by atoms with Crippen LogP contribution in [0.2, 0.25) is 44.8 Å². The summed E-state index contributed by atoms with van der Waals surface area (Å²) < 4.78 is 57.2. The highest BCUT2D eigenvalue weighted by Crippen LogP contribution is 2.23. The van der Waals surface area contributed by atoms with Crippen molar-refractivity contribution in [2.75, 3.05) is 13.2 Å². The summed E-state index contributed by atoms with van der Waals surface area (Å²) in [5, 5.41) is 0. The van der Waals surface area contributed by atoms with Gasteiger partial charge in [-0.3, -0.25) is 0 Å². The predicted molar refractivity (Wildman–Crippen MR) is 107 cm³/mol. The van der Waals surface area contributed by atoms with E-state index in [-0.39, 0.29) is 12.1 Å². The summed E-state index contributed by atoms with van der Waals surface area (Å²) in [5.74, 6) is -2.09. The minimum atomic E-state index is -4.61. The first-order valence-electron chi connectivity index (χ1n) is 8.92. The van der Waals surface area contributed by atoms with Gasteiger partial charge in [-0.15, -0.1) is 0 Å². The first-order chi connectivity index (χ1) is 12.5. The molecule has 12 heteroatoms. The number of ether oxygens (including phenoxy) is 2. The molecule has 0 bridgehead atoms. The molecule has 0 aromatic carbocycles. The van der Waals surface area contributed by atoms with Gasteiger partial charge in [0.1, 0.15) is 0 Å². The van der Waals surface area contributed by atoms with Crippen LogP contribution < -0.4 is 0 Å². The van der Waals surface area contributed by atoms with Crippen LogP contribution in [0.3, 0.4) is 0 Å². The monoisotopic (exact) mass is 460 g/mol. The Hall–Kier alpha value is -0.959. The van der Waals surface area contributed by atoms with E-state index in [0.29, 0.717) is 12.5 Å². The molecule has 164 valence electrons. The molecule has 0 aromatic rings. The molecule has 6 nitrogen and oxygen atoms in total. The normalized spacial score (nSPS) is 14.4. The van der Waals surface area contributed by atoms with Gasteiger partial charge in [-0.05, 0) is 51.2 Å². The molecule has 1 atom stereocenters. The van der Waals surface area contributed by atoms with E-state index in [0.717, 1.165) is 6.08 Å². The average Bonchev–Trinajstić information content (AvgIpc) is 2.46. The van der Waals surface area contributed by atoms with Gasteiger partial charge >= 0.3 is 27.4 Å². The van der Waals surface area contributed by atoms with E-state index in [1.165, 1.54) is 0 Å². The number of hydrogen-bond donors (Lipinski definition) is 0. The maximum atomic E-state index is 11.9. The van der Waals surface area contributed by atoms with E-state index in [2.05, 4.69) is 44.0 Å². The van der Waals surface area contributed by atoms with Crippen molar-refractivity contribution in [1.29, 1.82) is 0 Å². The molecule has 0 aromatic heterocycles. The number of alkyl halides is 3. The topological polar surface area (TPSA) is 71.1 Å². The fraction of sp³-hybridized carbons (Fsp3) is 0.750. The van der Waals surface area contributed by atoms with Gasteiger partial charge in [0.05, 0.1) is 6.61 Å². The van der Waals surface area contributed by atoms with Crippen molar-refractivity contribution in [3.8, 4) is 0 Å². The van der Waals surface area contributed by atoms with Crippen molar-refractivity contribution in [3.05, 3.63) is 12.2 Å². The highest BCUT2D eigenvalue weighted by Gasteiger charge is 2.33. The van der Waals surface area contributed by atoms with E-state index in [1.807, 2.05) is 6.92 Å². The molecular weight excluding hydrogens is 429 g/mol. The van der Waals surface area contributed by atoms with Gasteiger partial charge in [0.2, 0.25) is 0 Å². The average molecular weight is 461 g/mol. The van der Waals surface area contributed by atoms with E-state index in [1.54, 1.807) is 0 Å². The van der Waals surface area contributed by atoms with Crippen LogP contribution in [0.25, 0.3) is 0 Å². The predicted octanol–water partition coefficient (Wildman–Crippen LogP) is 3.90. The first-order valence-corrected chi connectivity index (χ1v) is 17.3. The van der Waals surface area contributed by atoms with Crippen LogP contribution in [-0.2, 0) is 27.3 Å². The number of esters is 2. The summed E-state index contributed by atoms with van der Waals surface area (Å²) in [5.41, 5.74) is 0.104. The van der Waals surface area contributed by atoms with E-state index < -0.39 is 50.6 Å². The third-order valence-corrected chi connectivity index (χ3v) is 11.7. The Kier molecular flexibility index (Phi) is 10.9. The Bertz CT molecular complexity index is 525. The number of halogens is 3. The molecule has 1 unspecified atom stereocenters. The van der Waals surface area contributed by atoms with Crippen LogP contribution in [-0.4, -0.2) is 57.2 Å². The maximum Gasteiger partial charge on any atom is 0.422 e. The lowest BCUT2D eigenvalue weighted by Gasteiger charge is -2.33. The number of carbonyl (C=O) groups is 2. The molecule has 0 spiro atoms. The second-order valence-electron chi connectivity index (χ2n) is 8.32. The second kappa shape index (κ2) is 11.3. The number of rotatable bonds is 11. The van der Waals surface area contributed by atoms with Gasteiger partial charge in [-0.25, -0.2) is 9.59 Å². The van der Waals surface area contributed by atoms with Crippen LogP contribution in [0.5, 0.6) is 0 Å². The molecule has 0 saturated carbocycles. The van der Waals surface area contributed by atoms with Crippen LogP contribution >= 0.6 is 0 Å². The van der Waals surface area contributed by atoms with Crippen molar-refractivity contribution in [1.82, 2.24) is 0 Å². The summed E-state index contributed by atoms with van der Waals surface area (Å²) >= 11 is 0. The molecule has 0 rings (SSSR count). The van der Waals surface area contributed by atoms with E-state index >= 15 is 0 Å². The van der Waals surface area contributed by atoms with Gasteiger partial charge in [0.25, 0.3) is 0 Å². The van der Waals surface area contributed by atoms with Gasteiger partial charge in [0, 0.05) is 12.2 Å². The molecule has 0 N–H and O–H groups in total. The Morgan fingerprint density at radius 3 is 1.75 bits per heavy atom. The number of hydrogen-bond acceptors (Lipinski definition) is 6. The Labute approximate surface area is 168 Å². The molecule has 0 fully saturated rings. The highest BCUT2D eigenvalue weighted by atomic mass is 28.4. The standard InChI is InChI=1S/C16H31F3O6Si3/c1-13(26(24-27(2,3)4)25-28(5,6)7)10-11-22-14(20)8-9-15(21)23-12-16(17,18)19/h8-9,13,26H,10-12H2,1-7H3. The van der Waals surface area contributed by atoms with Crippen molar-refractivity contribution >= 4 is 37.9 Å². The fourth-order valence-corrected chi connectivity index (χ4v) is 10.3. The molecule has 28 heavy (non-hydrogen) atoms. The Morgan fingerprint density at radius 1 is 0.929 bits per heavy atom. The summed E-state index contributed by atoms with van der Waals surface area (Å²) in [6.07, 6.45) is -2.73. The molecule has 0 aliphatic carbocycles. The largest absolute Gasteiger partial charge is 0.463 e. The Balaban J connectivity index is 4.47. The quantitative estimate of drug-likeness (QED) is 0.265. The van der Waals surface area contributed by atoms with Crippen LogP contribution in [0.1, 0.15) is 13.3 Å². The molecule has 0 aliphatic rings. The van der Waals surface area contributed by atoms with Crippen molar-refractivity contribution in [3.63, 3.8) is 0 Å². The number of carbonyl (C=O) groups excluding carboxylic acids is 2. The zero-order valence-electron chi connectivity index (χ0n) is 17.5. The van der Waals surface area contributed by atoms with Crippen molar-refractivity contribution in [2.45, 2.75) is 64.3 Å². The lowest BCUT2D eigenvalue weighted by Crippen LogP contribution is -2.45. The summed E-state index contributed by atoms with van der Waals surface area (Å²) in [6, 6.07) is 0. The molecule has 0 radical (unpaired) electrons. The zero-order chi connectivity index (χ0) is 22.2. The van der Waals surface area contributed by atoms with Gasteiger partial charge in [0.15, 0.2) is 23.2 Å². The van der Waals surface area contributed by atoms with Gasteiger partial charge < -0.3 is 17.7 Å². The molecule has 0 heterocycles. The van der Waals surface area contributed by atoms with E-state index in [9.17, 15) is 22.8 Å². The van der Waals surface area contributed by atoms with Crippen molar-refractivity contribution < 1.29 is 40.5 Å². The third-order valence-electron chi connectivity index (χ3n) is 2.96. The van der Waals surface area contributed by atoms with Gasteiger partial charge in [-0.2, -0.15) is 13.2 Å². The smallest absolute Gasteiger partial charge is 0.422 e. The molecular formula is C16H31F3O6Si3. The third kappa shape index (κ3) is 16.0. The second-order valence-corrected chi connectivity index (χ2v) is 20.5. The summed E-state index contributed by atoms with van der Waals surface area (Å²) in [4.78, 5) is 22.7. The lowest BCUT2D eigenvalue weighted by molar-refractivity contribution is -0.182. The van der Waals surface area contributed by atoms with Crippen LogP contribution in [0, 0.1) is 0 Å². The minimum Gasteiger partial charge on any atom is -0.463 e. The molecule has 0 aliphatic heterocycles.